The third-order valence-corrected chi connectivity index (χ3v) is 5.36. The summed E-state index contributed by atoms with van der Waals surface area (Å²) in [5, 5.41) is 22.2. The number of non-ortho nitro benzene ring substituents is 2. The minimum absolute atomic E-state index is 0.248. The molecule has 0 fully saturated rings. The minimum Gasteiger partial charge on any atom is -0.495 e. The Bertz CT molecular complexity index is 1200. The zero-order chi connectivity index (χ0) is 22.5. The van der Waals surface area contributed by atoms with Crippen LogP contribution in [0, 0.1) is 20.2 Å². The van der Waals surface area contributed by atoms with Crippen molar-refractivity contribution in [2.75, 3.05) is 20.3 Å². The summed E-state index contributed by atoms with van der Waals surface area (Å²) in [6.45, 7) is 3.13. The van der Waals surface area contributed by atoms with Crippen LogP contribution in [0.2, 0.25) is 0 Å². The van der Waals surface area contributed by atoms with Gasteiger partial charge in [0.1, 0.15) is 11.3 Å². The summed E-state index contributed by atoms with van der Waals surface area (Å²) in [5.74, 6) is -0.243. The van der Waals surface area contributed by atoms with Gasteiger partial charge in [-0.15, -0.1) is 0 Å². The summed E-state index contributed by atoms with van der Waals surface area (Å²) in [6.07, 6.45) is 0. The van der Waals surface area contributed by atoms with Crippen molar-refractivity contribution in [3.8, 4) is 5.75 Å². The van der Waals surface area contributed by atoms with Gasteiger partial charge in [0.25, 0.3) is 17.3 Å². The minimum atomic E-state index is -0.831. The van der Waals surface area contributed by atoms with Gasteiger partial charge in [0, 0.05) is 25.3 Å². The lowest BCUT2D eigenvalue weighted by Gasteiger charge is -2.08. The Morgan fingerprint density at radius 2 is 1.84 bits per heavy atom. The third kappa shape index (κ3) is 4.75. The Balaban J connectivity index is 2.15. The van der Waals surface area contributed by atoms with E-state index in [4.69, 9.17) is 9.47 Å². The molecule has 3 rings (SSSR count). The molecule has 3 aromatic rings. The van der Waals surface area contributed by atoms with Crippen LogP contribution in [-0.4, -0.2) is 40.6 Å². The Labute approximate surface area is 179 Å². The maximum Gasteiger partial charge on any atom is 0.280 e. The van der Waals surface area contributed by atoms with Crippen molar-refractivity contribution in [3.05, 3.63) is 67.0 Å². The number of rotatable bonds is 8. The van der Waals surface area contributed by atoms with E-state index in [1.807, 2.05) is 13.0 Å². The van der Waals surface area contributed by atoms with Gasteiger partial charge < -0.3 is 14.0 Å². The zero-order valence-corrected chi connectivity index (χ0v) is 17.5. The number of carbonyl (C=O) groups is 1. The molecular formula is C19H18N4O7S. The Morgan fingerprint density at radius 3 is 2.42 bits per heavy atom. The van der Waals surface area contributed by atoms with Gasteiger partial charge in [-0.3, -0.25) is 25.0 Å². The first-order valence-electron chi connectivity index (χ1n) is 9.12. The number of para-hydroxylation sites is 1. The second-order valence-electron chi connectivity index (χ2n) is 6.21. The number of nitro groups is 2. The molecule has 0 aliphatic carbocycles. The van der Waals surface area contributed by atoms with E-state index < -0.39 is 27.1 Å². The quantitative estimate of drug-likeness (QED) is 0.294. The van der Waals surface area contributed by atoms with Gasteiger partial charge >= 0.3 is 0 Å². The maximum absolute atomic E-state index is 12.8. The van der Waals surface area contributed by atoms with Crippen molar-refractivity contribution in [3.63, 3.8) is 0 Å². The molecule has 0 aliphatic heterocycles. The smallest absolute Gasteiger partial charge is 0.280 e. The van der Waals surface area contributed by atoms with E-state index in [-0.39, 0.29) is 5.56 Å². The first-order chi connectivity index (χ1) is 14.8. The molecule has 1 aromatic heterocycles. The van der Waals surface area contributed by atoms with Crippen molar-refractivity contribution >= 4 is 38.8 Å². The Kier molecular flexibility index (Phi) is 6.72. The lowest BCUT2D eigenvalue weighted by molar-refractivity contribution is -0.394. The Morgan fingerprint density at radius 1 is 1.16 bits per heavy atom. The van der Waals surface area contributed by atoms with Crippen LogP contribution in [0.4, 0.5) is 11.4 Å². The highest BCUT2D eigenvalue weighted by molar-refractivity contribution is 7.16. The van der Waals surface area contributed by atoms with Crippen LogP contribution >= 0.6 is 11.3 Å². The fourth-order valence-corrected chi connectivity index (χ4v) is 4.01. The van der Waals surface area contributed by atoms with Gasteiger partial charge in [-0.1, -0.05) is 17.4 Å². The van der Waals surface area contributed by atoms with Crippen molar-refractivity contribution in [2.45, 2.75) is 13.5 Å². The van der Waals surface area contributed by atoms with Gasteiger partial charge in [-0.05, 0) is 19.1 Å². The number of fused-ring (bicyclic) bond motifs is 1. The number of methoxy groups -OCH3 is 1. The first kappa shape index (κ1) is 22.1. The second-order valence-corrected chi connectivity index (χ2v) is 7.22. The van der Waals surface area contributed by atoms with E-state index in [2.05, 4.69) is 4.99 Å². The van der Waals surface area contributed by atoms with Crippen LogP contribution in [0.1, 0.15) is 17.3 Å². The summed E-state index contributed by atoms with van der Waals surface area (Å²) >= 11 is 1.23. The molecule has 0 unspecified atom stereocenters. The molecule has 0 aliphatic rings. The topological polar surface area (TPSA) is 139 Å². The molecule has 0 bridgehead atoms. The van der Waals surface area contributed by atoms with Crippen LogP contribution in [0.5, 0.6) is 5.75 Å². The van der Waals surface area contributed by atoms with Crippen molar-refractivity contribution in [2.24, 2.45) is 4.99 Å². The molecule has 12 heteroatoms. The first-order valence-corrected chi connectivity index (χ1v) is 9.94. The van der Waals surface area contributed by atoms with Gasteiger partial charge in [-0.2, -0.15) is 4.99 Å². The number of ether oxygens (including phenoxy) is 2. The highest BCUT2D eigenvalue weighted by atomic mass is 32.1. The van der Waals surface area contributed by atoms with Gasteiger partial charge in [0.2, 0.25) is 0 Å². The van der Waals surface area contributed by atoms with Crippen LogP contribution < -0.4 is 9.54 Å². The molecular weight excluding hydrogens is 428 g/mol. The monoisotopic (exact) mass is 446 g/mol. The fraction of sp³-hybridized carbons (Fsp3) is 0.263. The SMILES string of the molecule is CCOCCn1c(=NC(=O)c2cc([N+](=O)[O-])cc([N+](=O)[O-])c2)sc2cccc(OC)c21. The highest BCUT2D eigenvalue weighted by Gasteiger charge is 2.20. The van der Waals surface area contributed by atoms with E-state index in [9.17, 15) is 25.0 Å². The molecule has 0 radical (unpaired) electrons. The van der Waals surface area contributed by atoms with Crippen LogP contribution in [0.15, 0.2) is 41.4 Å². The number of nitrogens with zero attached hydrogens (tertiary/aromatic N) is 4. The predicted molar refractivity (Wildman–Crippen MR) is 113 cm³/mol. The average Bonchev–Trinajstić information content (AvgIpc) is 3.10. The van der Waals surface area contributed by atoms with E-state index in [1.54, 1.807) is 16.7 Å². The molecule has 0 saturated carbocycles. The predicted octanol–water partition coefficient (Wildman–Crippen LogP) is 3.31. The maximum atomic E-state index is 12.8. The number of hydrogen-bond acceptors (Lipinski definition) is 8. The molecule has 1 amide bonds. The number of benzene rings is 2. The Hall–Kier alpha value is -3.64. The number of aromatic nitrogens is 1. The molecule has 0 N–H and O–H groups in total. The number of hydrogen-bond donors (Lipinski definition) is 0. The number of nitro benzene ring substituents is 2. The van der Waals surface area contributed by atoms with Gasteiger partial charge in [-0.25, -0.2) is 0 Å². The normalized spacial score (nSPS) is 11.6. The summed E-state index contributed by atoms with van der Waals surface area (Å²) in [5.41, 5.74) is -0.641. The zero-order valence-electron chi connectivity index (χ0n) is 16.6. The molecule has 162 valence electrons. The largest absolute Gasteiger partial charge is 0.495 e. The third-order valence-electron chi connectivity index (χ3n) is 4.32. The summed E-state index contributed by atoms with van der Waals surface area (Å²) < 4.78 is 13.4. The highest BCUT2D eigenvalue weighted by Crippen LogP contribution is 2.28. The lowest BCUT2D eigenvalue weighted by Crippen LogP contribution is -2.20. The van der Waals surface area contributed by atoms with E-state index in [1.165, 1.54) is 18.4 Å². The summed E-state index contributed by atoms with van der Waals surface area (Å²) in [7, 11) is 1.53. The van der Waals surface area contributed by atoms with Crippen molar-refractivity contribution < 1.29 is 24.1 Å². The summed E-state index contributed by atoms with van der Waals surface area (Å²) in [4.78, 5) is 37.8. The van der Waals surface area contributed by atoms with Crippen LogP contribution in [0.25, 0.3) is 10.2 Å². The molecule has 2 aromatic carbocycles. The van der Waals surface area contributed by atoms with Crippen LogP contribution in [0.3, 0.4) is 0 Å². The number of thiazole rings is 1. The van der Waals surface area contributed by atoms with E-state index in [0.717, 1.165) is 28.4 Å². The van der Waals surface area contributed by atoms with Gasteiger partial charge in [0.05, 0.1) is 39.9 Å². The molecule has 31 heavy (non-hydrogen) atoms. The number of carbonyl (C=O) groups excluding carboxylic acids is 1. The van der Waals surface area contributed by atoms with E-state index in [0.29, 0.717) is 30.3 Å². The van der Waals surface area contributed by atoms with Crippen molar-refractivity contribution in [1.82, 2.24) is 4.57 Å². The molecule has 0 spiro atoms. The molecule has 1 heterocycles. The van der Waals surface area contributed by atoms with Crippen molar-refractivity contribution in [1.29, 1.82) is 0 Å². The average molecular weight is 446 g/mol. The fourth-order valence-electron chi connectivity index (χ4n) is 2.94. The van der Waals surface area contributed by atoms with E-state index >= 15 is 0 Å². The van der Waals surface area contributed by atoms with Crippen LogP contribution in [-0.2, 0) is 11.3 Å². The molecule has 0 atom stereocenters. The molecule has 11 nitrogen and oxygen atoms in total. The standard InChI is InChI=1S/C19H18N4O7S/c1-3-30-8-7-21-17-15(29-2)5-4-6-16(17)31-19(21)20-18(24)12-9-13(22(25)26)11-14(10-12)23(27)28/h4-6,9-11H,3,7-8H2,1-2H3. The number of amides is 1. The molecule has 0 saturated heterocycles. The lowest BCUT2D eigenvalue weighted by atomic mass is 10.1. The second kappa shape index (κ2) is 9.45. The van der Waals surface area contributed by atoms with Gasteiger partial charge in [0.15, 0.2) is 4.80 Å². The summed E-state index contributed by atoms with van der Waals surface area (Å²) in [6, 6.07) is 8.17.